The summed E-state index contributed by atoms with van der Waals surface area (Å²) in [5.41, 5.74) is 5.08. The highest BCUT2D eigenvalue weighted by molar-refractivity contribution is 9.10. The number of hydrogen-bond donors (Lipinski definition) is 2. The molecule has 0 radical (unpaired) electrons. The van der Waals surface area contributed by atoms with Crippen molar-refractivity contribution in [3.8, 4) is 0 Å². The summed E-state index contributed by atoms with van der Waals surface area (Å²) in [5, 5.41) is 8.90. The van der Waals surface area contributed by atoms with E-state index in [4.69, 9.17) is 10.8 Å². The van der Waals surface area contributed by atoms with E-state index in [0.29, 0.717) is 0 Å². The first-order valence-corrected chi connectivity index (χ1v) is 4.97. The molecule has 3 N–H and O–H groups in total. The van der Waals surface area contributed by atoms with Gasteiger partial charge in [0.05, 0.1) is 6.04 Å². The third-order valence-electron chi connectivity index (χ3n) is 1.95. The second-order valence-electron chi connectivity index (χ2n) is 3.22. The monoisotopic (exact) mass is 301 g/mol. The topological polar surface area (TPSA) is 46.2 Å². The van der Waals surface area contributed by atoms with Crippen LogP contribution in [0.1, 0.15) is 11.6 Å². The third kappa shape index (κ3) is 3.16. The molecule has 2 nitrogen and oxygen atoms in total. The van der Waals surface area contributed by atoms with Gasteiger partial charge in [-0.1, -0.05) is 15.9 Å². The number of hydrogen-bond acceptors (Lipinski definition) is 2. The number of nitrogens with two attached hydrogens (primary N) is 1. The maximum absolute atomic E-state index is 12.9. The molecule has 0 saturated carbocycles. The van der Waals surface area contributed by atoms with E-state index in [1.54, 1.807) is 0 Å². The lowest BCUT2D eigenvalue weighted by molar-refractivity contribution is -0.210. The van der Waals surface area contributed by atoms with Crippen molar-refractivity contribution in [2.24, 2.45) is 5.73 Å². The molecule has 0 aliphatic rings. The Balaban J connectivity index is 3.00. The van der Waals surface area contributed by atoms with Gasteiger partial charge in [0.25, 0.3) is 0 Å². The maximum atomic E-state index is 12.9. The fourth-order valence-corrected chi connectivity index (χ4v) is 1.64. The summed E-state index contributed by atoms with van der Waals surface area (Å²) >= 11 is 2.92. The molecule has 0 heterocycles. The summed E-state index contributed by atoms with van der Waals surface area (Å²) in [7, 11) is 0. The Morgan fingerprint density at radius 2 is 1.81 bits per heavy atom. The predicted octanol–water partition coefficient (Wildman–Crippen LogP) is 2.51. The molecule has 16 heavy (non-hydrogen) atoms. The van der Waals surface area contributed by atoms with E-state index < -0.39 is 24.1 Å². The highest BCUT2D eigenvalue weighted by Crippen LogP contribution is 2.30. The Labute approximate surface area is 97.2 Å². The van der Waals surface area contributed by atoms with Gasteiger partial charge in [0.1, 0.15) is 5.82 Å². The summed E-state index contributed by atoms with van der Waals surface area (Å²) in [4.78, 5) is 0. The van der Waals surface area contributed by atoms with Crippen LogP contribution in [0.4, 0.5) is 17.6 Å². The zero-order valence-electron chi connectivity index (χ0n) is 7.80. The number of alkyl halides is 3. The molecule has 1 aromatic rings. The minimum absolute atomic E-state index is 0.128. The van der Waals surface area contributed by atoms with Gasteiger partial charge in [0.2, 0.25) is 0 Å². The van der Waals surface area contributed by atoms with Gasteiger partial charge in [0, 0.05) is 4.47 Å². The molecule has 0 aliphatic carbocycles. The molecule has 0 aliphatic heterocycles. The lowest BCUT2D eigenvalue weighted by atomic mass is 10.0. The summed E-state index contributed by atoms with van der Waals surface area (Å²) in [6, 6.07) is 1.44. The molecule has 1 rings (SSSR count). The van der Waals surface area contributed by atoms with Crippen LogP contribution < -0.4 is 5.73 Å². The predicted molar refractivity (Wildman–Crippen MR) is 53.1 cm³/mol. The molecule has 2 atom stereocenters. The van der Waals surface area contributed by atoms with Crippen molar-refractivity contribution in [3.63, 3.8) is 0 Å². The Morgan fingerprint density at radius 1 is 1.25 bits per heavy atom. The molecule has 0 amide bonds. The van der Waals surface area contributed by atoms with Crippen LogP contribution in [0.15, 0.2) is 22.7 Å². The van der Waals surface area contributed by atoms with E-state index in [0.717, 1.165) is 12.1 Å². The van der Waals surface area contributed by atoms with Crippen LogP contribution in [0.25, 0.3) is 0 Å². The molecule has 7 heteroatoms. The lowest BCUT2D eigenvalue weighted by Crippen LogP contribution is -2.38. The second kappa shape index (κ2) is 4.68. The zero-order valence-corrected chi connectivity index (χ0v) is 9.39. The van der Waals surface area contributed by atoms with E-state index in [-0.39, 0.29) is 10.0 Å². The average Bonchev–Trinajstić information content (AvgIpc) is 2.12. The quantitative estimate of drug-likeness (QED) is 0.825. The standard InChI is InChI=1S/C9H8BrF4NO/c10-5-1-4(2-6(11)3-5)7(15)8(16)9(12,13)14/h1-3,7-8,16H,15H2/t7-,8-/m1/s1. The fraction of sp³-hybridized carbons (Fsp3) is 0.333. The van der Waals surface area contributed by atoms with Crippen LogP contribution in [0, 0.1) is 5.82 Å². The molecule has 0 saturated heterocycles. The average molecular weight is 302 g/mol. The first kappa shape index (κ1) is 13.4. The normalized spacial score (nSPS) is 15.9. The minimum Gasteiger partial charge on any atom is -0.382 e. The number of aliphatic hydroxyl groups excluding tert-OH is 1. The molecule has 1 aromatic carbocycles. The number of aliphatic hydroxyl groups is 1. The summed E-state index contributed by atoms with van der Waals surface area (Å²) < 4.78 is 49.6. The van der Waals surface area contributed by atoms with E-state index in [1.165, 1.54) is 6.07 Å². The highest BCUT2D eigenvalue weighted by atomic mass is 79.9. The van der Waals surface area contributed by atoms with Gasteiger partial charge in [-0.05, 0) is 23.8 Å². The minimum atomic E-state index is -4.84. The molecule has 0 aromatic heterocycles. The van der Waals surface area contributed by atoms with Crippen molar-refractivity contribution in [1.29, 1.82) is 0 Å². The Bertz CT molecular complexity index is 362. The molecular formula is C9H8BrF4NO. The van der Waals surface area contributed by atoms with Gasteiger partial charge in [-0.15, -0.1) is 0 Å². The van der Waals surface area contributed by atoms with E-state index in [9.17, 15) is 17.6 Å². The molecule has 0 fully saturated rings. The second-order valence-corrected chi connectivity index (χ2v) is 4.13. The van der Waals surface area contributed by atoms with Crippen LogP contribution in [0.2, 0.25) is 0 Å². The first-order valence-electron chi connectivity index (χ1n) is 4.18. The Kier molecular flexibility index (Phi) is 3.92. The van der Waals surface area contributed by atoms with E-state index >= 15 is 0 Å². The van der Waals surface area contributed by atoms with E-state index in [1.807, 2.05) is 0 Å². The number of rotatable bonds is 2. The van der Waals surface area contributed by atoms with Crippen LogP contribution in [-0.4, -0.2) is 17.4 Å². The smallest absolute Gasteiger partial charge is 0.382 e. The lowest BCUT2D eigenvalue weighted by Gasteiger charge is -2.21. The first-order chi connectivity index (χ1) is 7.21. The molecule has 0 spiro atoms. The van der Waals surface area contributed by atoms with Crippen molar-refractivity contribution in [2.45, 2.75) is 18.3 Å². The largest absolute Gasteiger partial charge is 0.416 e. The van der Waals surface area contributed by atoms with Crippen molar-refractivity contribution < 1.29 is 22.7 Å². The Hall–Kier alpha value is -0.660. The molecule has 0 bridgehead atoms. The molecular weight excluding hydrogens is 294 g/mol. The van der Waals surface area contributed by atoms with Crippen molar-refractivity contribution in [1.82, 2.24) is 0 Å². The third-order valence-corrected chi connectivity index (χ3v) is 2.40. The van der Waals surface area contributed by atoms with E-state index in [2.05, 4.69) is 15.9 Å². The van der Waals surface area contributed by atoms with Gasteiger partial charge >= 0.3 is 6.18 Å². The van der Waals surface area contributed by atoms with Crippen LogP contribution >= 0.6 is 15.9 Å². The van der Waals surface area contributed by atoms with Crippen molar-refractivity contribution >= 4 is 15.9 Å². The summed E-state index contributed by atoms with van der Waals surface area (Å²) in [5.74, 6) is -0.728. The van der Waals surface area contributed by atoms with Gasteiger partial charge < -0.3 is 10.8 Å². The molecule has 90 valence electrons. The van der Waals surface area contributed by atoms with Gasteiger partial charge in [-0.25, -0.2) is 4.39 Å². The number of halogens is 5. The van der Waals surface area contributed by atoms with Crippen molar-refractivity contribution in [2.75, 3.05) is 0 Å². The van der Waals surface area contributed by atoms with Crippen molar-refractivity contribution in [3.05, 3.63) is 34.1 Å². The van der Waals surface area contributed by atoms with Crippen LogP contribution in [0.3, 0.4) is 0 Å². The van der Waals surface area contributed by atoms with Crippen LogP contribution in [0.5, 0.6) is 0 Å². The number of benzene rings is 1. The van der Waals surface area contributed by atoms with Crippen LogP contribution in [-0.2, 0) is 0 Å². The maximum Gasteiger partial charge on any atom is 0.416 e. The Morgan fingerprint density at radius 3 is 2.25 bits per heavy atom. The SMILES string of the molecule is N[C@H](c1cc(F)cc(Br)c1)[C@@H](O)C(F)(F)F. The van der Waals surface area contributed by atoms with Gasteiger partial charge in [-0.2, -0.15) is 13.2 Å². The summed E-state index contributed by atoms with van der Waals surface area (Å²) in [6.45, 7) is 0. The fourth-order valence-electron chi connectivity index (χ4n) is 1.15. The highest BCUT2D eigenvalue weighted by Gasteiger charge is 2.42. The summed E-state index contributed by atoms with van der Waals surface area (Å²) in [6.07, 6.45) is -7.56. The zero-order chi connectivity index (χ0) is 12.5. The molecule has 0 unspecified atom stereocenters. The van der Waals surface area contributed by atoms with Gasteiger partial charge in [-0.3, -0.25) is 0 Å². The van der Waals surface area contributed by atoms with Gasteiger partial charge in [0.15, 0.2) is 6.10 Å².